The zero-order valence-electron chi connectivity index (χ0n) is 18.1. The number of amides is 2. The average molecular weight is 441 g/mol. The van der Waals surface area contributed by atoms with Crippen molar-refractivity contribution >= 4 is 23.3 Å². The zero-order chi connectivity index (χ0) is 23.1. The van der Waals surface area contributed by atoms with Crippen LogP contribution >= 0.6 is 0 Å². The van der Waals surface area contributed by atoms with Gasteiger partial charge in [0.2, 0.25) is 17.6 Å². The fraction of sp³-hybridized carbons (Fsp3) is 0.409. The predicted molar refractivity (Wildman–Crippen MR) is 119 cm³/mol. The molecule has 10 nitrogen and oxygen atoms in total. The molecule has 1 aliphatic rings. The summed E-state index contributed by atoms with van der Waals surface area (Å²) in [6, 6.07) is 9.53. The van der Waals surface area contributed by atoms with Crippen LogP contribution in [0.5, 0.6) is 5.75 Å². The van der Waals surface area contributed by atoms with Gasteiger partial charge in [-0.3, -0.25) is 19.7 Å². The molecule has 0 bridgehead atoms. The van der Waals surface area contributed by atoms with Crippen molar-refractivity contribution in [3.63, 3.8) is 0 Å². The van der Waals surface area contributed by atoms with Gasteiger partial charge in [0.1, 0.15) is 11.8 Å². The van der Waals surface area contributed by atoms with Crippen LogP contribution < -0.4 is 20.3 Å². The average Bonchev–Trinajstić information content (AvgIpc) is 2.79. The minimum Gasteiger partial charge on any atom is -0.497 e. The topological polar surface area (TPSA) is 127 Å². The Labute approximate surface area is 186 Å². The lowest BCUT2D eigenvalue weighted by atomic mass is 10.0. The molecule has 1 saturated heterocycles. The summed E-state index contributed by atoms with van der Waals surface area (Å²) in [5, 5.41) is 17.0. The standard InChI is InChI=1S/C22H27N5O5/c1-15(28)24-19(14-16-5-7-18(32-2)8-6-16)22(29)25-17-9-12-26(13-10-17)21-20(27(30)31)4-3-11-23-21/h3-8,11,17,19H,9-10,12-14H2,1-2H3,(H,24,28)(H,25,29)/t19-/m0/s1. The highest BCUT2D eigenvalue weighted by atomic mass is 16.6. The van der Waals surface area contributed by atoms with Crippen LogP contribution in [-0.2, 0) is 16.0 Å². The van der Waals surface area contributed by atoms with Crippen molar-refractivity contribution in [1.82, 2.24) is 15.6 Å². The van der Waals surface area contributed by atoms with Gasteiger partial charge in [-0.2, -0.15) is 0 Å². The van der Waals surface area contributed by atoms with Gasteiger partial charge in [-0.25, -0.2) is 4.98 Å². The lowest BCUT2D eigenvalue weighted by molar-refractivity contribution is -0.384. The second-order valence-corrected chi connectivity index (χ2v) is 7.68. The van der Waals surface area contributed by atoms with E-state index in [9.17, 15) is 19.7 Å². The van der Waals surface area contributed by atoms with Crippen LogP contribution in [0.1, 0.15) is 25.3 Å². The molecule has 0 aliphatic carbocycles. The Kier molecular flexibility index (Phi) is 7.58. The lowest BCUT2D eigenvalue weighted by Crippen LogP contribution is -2.52. The molecule has 1 atom stereocenters. The number of nitrogens with zero attached hydrogens (tertiary/aromatic N) is 3. The third-order valence-corrected chi connectivity index (χ3v) is 5.40. The van der Waals surface area contributed by atoms with E-state index in [1.807, 2.05) is 29.2 Å². The number of carbonyl (C=O) groups excluding carboxylic acids is 2. The van der Waals surface area contributed by atoms with Crippen molar-refractivity contribution in [2.45, 2.75) is 38.3 Å². The van der Waals surface area contributed by atoms with Crippen molar-refractivity contribution < 1.29 is 19.2 Å². The zero-order valence-corrected chi connectivity index (χ0v) is 18.1. The maximum atomic E-state index is 12.9. The Hall–Kier alpha value is -3.69. The highest BCUT2D eigenvalue weighted by Gasteiger charge is 2.28. The molecule has 2 aromatic rings. The first kappa shape index (κ1) is 23.0. The van der Waals surface area contributed by atoms with E-state index in [0.717, 1.165) is 5.56 Å². The van der Waals surface area contributed by atoms with Gasteiger partial charge in [0.05, 0.1) is 12.0 Å². The van der Waals surface area contributed by atoms with Gasteiger partial charge in [0, 0.05) is 44.7 Å². The summed E-state index contributed by atoms with van der Waals surface area (Å²) in [5.41, 5.74) is 0.872. The number of benzene rings is 1. The fourth-order valence-corrected chi connectivity index (χ4v) is 3.76. The van der Waals surface area contributed by atoms with Gasteiger partial charge in [-0.1, -0.05) is 12.1 Å². The summed E-state index contributed by atoms with van der Waals surface area (Å²) < 4.78 is 5.15. The molecule has 1 aliphatic heterocycles. The molecule has 170 valence electrons. The van der Waals surface area contributed by atoms with Gasteiger partial charge in [0.25, 0.3) is 0 Å². The number of nitrogens with one attached hydrogen (secondary N) is 2. The number of nitro groups is 1. The smallest absolute Gasteiger partial charge is 0.311 e. The molecule has 0 unspecified atom stereocenters. The number of rotatable bonds is 8. The molecule has 32 heavy (non-hydrogen) atoms. The molecule has 1 aromatic heterocycles. The number of anilines is 1. The Morgan fingerprint density at radius 2 is 1.94 bits per heavy atom. The van der Waals surface area contributed by atoms with Crippen LogP contribution in [0, 0.1) is 10.1 Å². The van der Waals surface area contributed by atoms with Crippen molar-refractivity contribution in [1.29, 1.82) is 0 Å². The van der Waals surface area contributed by atoms with Crippen LogP contribution in [0.15, 0.2) is 42.6 Å². The number of hydrogen-bond acceptors (Lipinski definition) is 7. The predicted octanol–water partition coefficient (Wildman–Crippen LogP) is 1.83. The van der Waals surface area contributed by atoms with Crippen molar-refractivity contribution in [2.75, 3.05) is 25.1 Å². The van der Waals surface area contributed by atoms with Gasteiger partial charge in [0.15, 0.2) is 0 Å². The maximum Gasteiger partial charge on any atom is 0.311 e. The Morgan fingerprint density at radius 1 is 1.25 bits per heavy atom. The largest absolute Gasteiger partial charge is 0.497 e. The fourth-order valence-electron chi connectivity index (χ4n) is 3.76. The first-order chi connectivity index (χ1) is 15.4. The van der Waals surface area contributed by atoms with E-state index in [2.05, 4.69) is 15.6 Å². The van der Waals surface area contributed by atoms with E-state index in [-0.39, 0.29) is 23.5 Å². The Bertz CT molecular complexity index is 957. The van der Waals surface area contributed by atoms with Gasteiger partial charge in [-0.05, 0) is 36.6 Å². The van der Waals surface area contributed by atoms with E-state index in [0.29, 0.717) is 43.9 Å². The summed E-state index contributed by atoms with van der Waals surface area (Å²) >= 11 is 0. The summed E-state index contributed by atoms with van der Waals surface area (Å²) in [6.07, 6.45) is 3.13. The SMILES string of the molecule is COc1ccc(C[C@H](NC(C)=O)C(=O)NC2CCN(c3ncccc3[N+](=O)[O-])CC2)cc1. The van der Waals surface area contributed by atoms with Crippen LogP contribution in [0.25, 0.3) is 0 Å². The summed E-state index contributed by atoms with van der Waals surface area (Å²) in [6.45, 7) is 2.45. The number of carbonyl (C=O) groups is 2. The highest BCUT2D eigenvalue weighted by molar-refractivity contribution is 5.87. The second kappa shape index (κ2) is 10.6. The van der Waals surface area contributed by atoms with Crippen LogP contribution in [0.2, 0.25) is 0 Å². The van der Waals surface area contributed by atoms with Crippen molar-refractivity contribution in [3.05, 3.63) is 58.3 Å². The number of methoxy groups -OCH3 is 1. The third kappa shape index (κ3) is 5.93. The minimum absolute atomic E-state index is 0.0276. The number of hydrogen-bond donors (Lipinski definition) is 2. The first-order valence-electron chi connectivity index (χ1n) is 10.4. The monoisotopic (exact) mass is 441 g/mol. The Morgan fingerprint density at radius 3 is 2.53 bits per heavy atom. The van der Waals surface area contributed by atoms with Crippen molar-refractivity contribution in [3.8, 4) is 5.75 Å². The Balaban J connectivity index is 1.60. The normalized spacial score (nSPS) is 15.0. The number of ether oxygens (including phenoxy) is 1. The molecule has 2 heterocycles. The lowest BCUT2D eigenvalue weighted by Gasteiger charge is -2.33. The third-order valence-electron chi connectivity index (χ3n) is 5.40. The van der Waals surface area contributed by atoms with Crippen LogP contribution in [0.3, 0.4) is 0 Å². The van der Waals surface area contributed by atoms with Crippen LogP contribution in [0.4, 0.5) is 11.5 Å². The maximum absolute atomic E-state index is 12.9. The van der Waals surface area contributed by atoms with E-state index < -0.39 is 11.0 Å². The summed E-state index contributed by atoms with van der Waals surface area (Å²) in [5.74, 6) is 0.529. The number of piperidine rings is 1. The molecular formula is C22H27N5O5. The van der Waals surface area contributed by atoms with Gasteiger partial charge in [-0.15, -0.1) is 0 Å². The van der Waals surface area contributed by atoms with Crippen molar-refractivity contribution in [2.24, 2.45) is 0 Å². The molecule has 0 spiro atoms. The summed E-state index contributed by atoms with van der Waals surface area (Å²) in [7, 11) is 1.58. The summed E-state index contributed by atoms with van der Waals surface area (Å²) in [4.78, 5) is 41.4. The highest BCUT2D eigenvalue weighted by Crippen LogP contribution is 2.27. The first-order valence-corrected chi connectivity index (χ1v) is 10.4. The molecule has 1 aromatic carbocycles. The molecule has 1 fully saturated rings. The minimum atomic E-state index is -0.698. The molecule has 10 heteroatoms. The molecule has 2 amide bonds. The van der Waals surface area contributed by atoms with Gasteiger partial charge >= 0.3 is 5.69 Å². The van der Waals surface area contributed by atoms with E-state index in [1.54, 1.807) is 13.2 Å². The molecular weight excluding hydrogens is 414 g/mol. The second-order valence-electron chi connectivity index (χ2n) is 7.68. The number of aromatic nitrogens is 1. The quantitative estimate of drug-likeness (QED) is 0.473. The molecule has 0 radical (unpaired) electrons. The molecule has 0 saturated carbocycles. The van der Waals surface area contributed by atoms with Gasteiger partial charge < -0.3 is 20.3 Å². The van der Waals surface area contributed by atoms with E-state index in [1.165, 1.54) is 19.2 Å². The van der Waals surface area contributed by atoms with E-state index >= 15 is 0 Å². The number of pyridine rings is 1. The molecule has 3 rings (SSSR count). The van der Waals surface area contributed by atoms with Crippen LogP contribution in [-0.4, -0.2) is 54.0 Å². The van der Waals surface area contributed by atoms with E-state index in [4.69, 9.17) is 4.74 Å². The molecule has 2 N–H and O–H groups in total.